The summed E-state index contributed by atoms with van der Waals surface area (Å²) in [5.41, 5.74) is 1.09. The van der Waals surface area contributed by atoms with Gasteiger partial charge in [-0.1, -0.05) is 29.8 Å². The van der Waals surface area contributed by atoms with E-state index in [0.29, 0.717) is 11.7 Å². The van der Waals surface area contributed by atoms with Crippen molar-refractivity contribution in [1.29, 1.82) is 0 Å². The van der Waals surface area contributed by atoms with Crippen molar-refractivity contribution in [1.82, 2.24) is 5.32 Å². The molecule has 1 atom stereocenters. The minimum Gasteiger partial charge on any atom is -0.484 e. The third-order valence-electron chi connectivity index (χ3n) is 2.89. The van der Waals surface area contributed by atoms with Crippen LogP contribution in [0.4, 0.5) is 0 Å². The highest BCUT2D eigenvalue weighted by Crippen LogP contribution is 2.21. The average Bonchev–Trinajstić information content (AvgIpc) is 2.30. The predicted octanol–water partition coefficient (Wildman–Crippen LogP) is 3.30. The van der Waals surface area contributed by atoms with Crippen molar-refractivity contribution in [2.75, 3.05) is 6.61 Å². The first-order chi connectivity index (χ1) is 8.40. The maximum Gasteiger partial charge on any atom is 0.258 e. The van der Waals surface area contributed by atoms with Crippen LogP contribution in [-0.2, 0) is 4.79 Å². The Morgan fingerprint density at radius 2 is 2.06 bits per heavy atom. The number of benzene rings is 1. The lowest BCUT2D eigenvalue weighted by Gasteiger charge is -2.17. The number of rotatable bonds is 5. The Morgan fingerprint density at radius 1 is 1.39 bits per heavy atom. The summed E-state index contributed by atoms with van der Waals surface area (Å²) in [5.74, 6) is 1.05. The molecule has 0 saturated heterocycles. The molecule has 0 unspecified atom stereocenters. The molecule has 0 radical (unpaired) electrons. The molecule has 0 heterocycles. The van der Waals surface area contributed by atoms with E-state index in [1.54, 1.807) is 0 Å². The molecule has 18 heavy (non-hydrogen) atoms. The molecule has 0 spiro atoms. The van der Waals surface area contributed by atoms with Gasteiger partial charge < -0.3 is 10.1 Å². The summed E-state index contributed by atoms with van der Waals surface area (Å²) in [7, 11) is 0. The molecule has 0 aromatic heterocycles. The normalized spacial score (nSPS) is 12.3. The van der Waals surface area contributed by atoms with E-state index in [4.69, 9.17) is 4.74 Å². The third kappa shape index (κ3) is 4.69. The molecule has 4 heteroatoms. The lowest BCUT2D eigenvalue weighted by Crippen LogP contribution is -2.38. The van der Waals surface area contributed by atoms with Crippen LogP contribution in [0.2, 0.25) is 0 Å². The fourth-order valence-electron chi connectivity index (χ4n) is 1.32. The molecule has 1 N–H and O–H groups in total. The van der Waals surface area contributed by atoms with Crippen molar-refractivity contribution in [2.45, 2.75) is 33.7 Å². The quantitative estimate of drug-likeness (QED) is 0.905. The largest absolute Gasteiger partial charge is 0.484 e. The summed E-state index contributed by atoms with van der Waals surface area (Å²) < 4.78 is 6.49. The minimum atomic E-state index is -0.0863. The first-order valence-electron chi connectivity index (χ1n) is 6.08. The number of amides is 1. The second-order valence-corrected chi connectivity index (χ2v) is 5.65. The lowest BCUT2D eigenvalue weighted by molar-refractivity contribution is -0.124. The first kappa shape index (κ1) is 15.0. The monoisotopic (exact) mass is 313 g/mol. The molecule has 1 aromatic rings. The SMILES string of the molecule is Cc1cc(OCC(=O)N[C@H](C)C(C)C)ccc1Br. The smallest absolute Gasteiger partial charge is 0.258 e. The Morgan fingerprint density at radius 3 is 2.61 bits per heavy atom. The molecule has 0 bridgehead atoms. The van der Waals surface area contributed by atoms with E-state index in [0.717, 1.165) is 10.0 Å². The highest BCUT2D eigenvalue weighted by atomic mass is 79.9. The van der Waals surface area contributed by atoms with Gasteiger partial charge in [0.25, 0.3) is 5.91 Å². The van der Waals surface area contributed by atoms with Gasteiger partial charge in [-0.25, -0.2) is 0 Å². The van der Waals surface area contributed by atoms with E-state index < -0.39 is 0 Å². The van der Waals surface area contributed by atoms with Crippen molar-refractivity contribution >= 4 is 21.8 Å². The van der Waals surface area contributed by atoms with Crippen LogP contribution in [-0.4, -0.2) is 18.6 Å². The molecule has 0 fully saturated rings. The van der Waals surface area contributed by atoms with Gasteiger partial charge in [-0.05, 0) is 43.5 Å². The molecule has 1 rings (SSSR count). The second-order valence-electron chi connectivity index (χ2n) is 4.80. The zero-order chi connectivity index (χ0) is 13.7. The van der Waals surface area contributed by atoms with E-state index in [1.165, 1.54) is 0 Å². The molecule has 0 saturated carbocycles. The van der Waals surface area contributed by atoms with E-state index in [1.807, 2.05) is 32.0 Å². The Kier molecular flexibility index (Phi) is 5.66. The summed E-state index contributed by atoms with van der Waals surface area (Å²) in [5, 5.41) is 2.90. The zero-order valence-electron chi connectivity index (χ0n) is 11.3. The molecule has 100 valence electrons. The van der Waals surface area contributed by atoms with Crippen LogP contribution in [0.3, 0.4) is 0 Å². The van der Waals surface area contributed by atoms with Crippen LogP contribution >= 0.6 is 15.9 Å². The highest BCUT2D eigenvalue weighted by molar-refractivity contribution is 9.10. The van der Waals surface area contributed by atoms with Crippen molar-refractivity contribution in [3.63, 3.8) is 0 Å². The van der Waals surface area contributed by atoms with Crippen LogP contribution in [0.15, 0.2) is 22.7 Å². The molecule has 0 aliphatic carbocycles. The van der Waals surface area contributed by atoms with Gasteiger partial charge >= 0.3 is 0 Å². The van der Waals surface area contributed by atoms with E-state index >= 15 is 0 Å². The number of carbonyl (C=O) groups is 1. The number of aryl methyl sites for hydroxylation is 1. The van der Waals surface area contributed by atoms with Gasteiger partial charge in [0.15, 0.2) is 6.61 Å². The van der Waals surface area contributed by atoms with Crippen LogP contribution in [0.5, 0.6) is 5.75 Å². The summed E-state index contributed by atoms with van der Waals surface area (Å²) in [4.78, 5) is 11.6. The van der Waals surface area contributed by atoms with Crippen molar-refractivity contribution in [3.05, 3.63) is 28.2 Å². The fourth-order valence-corrected chi connectivity index (χ4v) is 1.56. The number of nitrogens with one attached hydrogen (secondary N) is 1. The summed E-state index contributed by atoms with van der Waals surface area (Å²) >= 11 is 3.42. The Balaban J connectivity index is 2.45. The maximum absolute atomic E-state index is 11.6. The van der Waals surface area contributed by atoms with Crippen LogP contribution in [0.1, 0.15) is 26.3 Å². The van der Waals surface area contributed by atoms with Crippen molar-refractivity contribution in [3.8, 4) is 5.75 Å². The van der Waals surface area contributed by atoms with Crippen LogP contribution in [0.25, 0.3) is 0 Å². The zero-order valence-corrected chi connectivity index (χ0v) is 12.9. The number of ether oxygens (including phenoxy) is 1. The van der Waals surface area contributed by atoms with Crippen LogP contribution in [0, 0.1) is 12.8 Å². The van der Waals surface area contributed by atoms with Gasteiger partial charge in [-0.3, -0.25) is 4.79 Å². The second kappa shape index (κ2) is 6.78. The number of hydrogen-bond acceptors (Lipinski definition) is 2. The molecule has 1 amide bonds. The van der Waals surface area contributed by atoms with Crippen molar-refractivity contribution in [2.24, 2.45) is 5.92 Å². The van der Waals surface area contributed by atoms with Gasteiger partial charge in [0.2, 0.25) is 0 Å². The average molecular weight is 314 g/mol. The summed E-state index contributed by atoms with van der Waals surface area (Å²) in [6.45, 7) is 8.18. The fraction of sp³-hybridized carbons (Fsp3) is 0.500. The summed E-state index contributed by atoms with van der Waals surface area (Å²) in [6, 6.07) is 5.83. The maximum atomic E-state index is 11.6. The van der Waals surface area contributed by atoms with Gasteiger partial charge in [-0.15, -0.1) is 0 Å². The minimum absolute atomic E-state index is 0.0537. The molecular weight excluding hydrogens is 294 g/mol. The van der Waals surface area contributed by atoms with Gasteiger partial charge in [-0.2, -0.15) is 0 Å². The third-order valence-corrected chi connectivity index (χ3v) is 3.78. The predicted molar refractivity (Wildman–Crippen MR) is 76.8 cm³/mol. The molecular formula is C14H20BrNO2. The Bertz CT molecular complexity index is 418. The van der Waals surface area contributed by atoms with E-state index in [2.05, 4.69) is 35.1 Å². The Labute approximate surface area is 117 Å². The van der Waals surface area contributed by atoms with Gasteiger partial charge in [0, 0.05) is 10.5 Å². The number of carbonyl (C=O) groups excluding carboxylic acids is 1. The van der Waals surface area contributed by atoms with Gasteiger partial charge in [0.05, 0.1) is 0 Å². The standard InChI is InChI=1S/C14H20BrNO2/c1-9(2)11(4)16-14(17)8-18-12-5-6-13(15)10(3)7-12/h5-7,9,11H,8H2,1-4H3,(H,16,17)/t11-/m1/s1. The van der Waals surface area contributed by atoms with Crippen molar-refractivity contribution < 1.29 is 9.53 Å². The Hall–Kier alpha value is -1.03. The lowest BCUT2D eigenvalue weighted by atomic mass is 10.1. The highest BCUT2D eigenvalue weighted by Gasteiger charge is 2.11. The number of halogens is 1. The molecule has 0 aliphatic rings. The number of hydrogen-bond donors (Lipinski definition) is 1. The summed E-state index contributed by atoms with van der Waals surface area (Å²) in [6.07, 6.45) is 0. The van der Waals surface area contributed by atoms with E-state index in [9.17, 15) is 4.79 Å². The van der Waals surface area contributed by atoms with E-state index in [-0.39, 0.29) is 18.6 Å². The topological polar surface area (TPSA) is 38.3 Å². The molecule has 3 nitrogen and oxygen atoms in total. The molecule has 0 aliphatic heterocycles. The first-order valence-corrected chi connectivity index (χ1v) is 6.87. The van der Waals surface area contributed by atoms with Crippen LogP contribution < -0.4 is 10.1 Å². The van der Waals surface area contributed by atoms with Gasteiger partial charge in [0.1, 0.15) is 5.75 Å². The molecule has 1 aromatic carbocycles.